The topological polar surface area (TPSA) is 50.4 Å². The number of nitrogens with one attached hydrogen (secondary N) is 1. The summed E-state index contributed by atoms with van der Waals surface area (Å²) in [4.78, 5) is 4.24. The summed E-state index contributed by atoms with van der Waals surface area (Å²) < 4.78 is 0. The number of hydrogen-bond acceptors (Lipinski definition) is 3. The molecule has 0 aromatic heterocycles. The summed E-state index contributed by atoms with van der Waals surface area (Å²) in [6.45, 7) is 6.05. The van der Waals surface area contributed by atoms with Crippen LogP contribution in [0.1, 0.15) is 13.8 Å². The Bertz CT molecular complexity index is 140. The van der Waals surface area contributed by atoms with Crippen molar-refractivity contribution in [3.8, 4) is 0 Å². The normalized spacial score (nSPS) is 20.6. The van der Waals surface area contributed by atoms with Crippen molar-refractivity contribution in [2.75, 3.05) is 13.1 Å². The van der Waals surface area contributed by atoms with Crippen LogP contribution >= 0.6 is 0 Å². The van der Waals surface area contributed by atoms with Gasteiger partial charge < -0.3 is 11.1 Å². The Morgan fingerprint density at radius 1 is 1.60 bits per heavy atom. The zero-order chi connectivity index (χ0) is 7.56. The average Bonchev–Trinajstić information content (AvgIpc) is 2.36. The molecule has 1 atom stereocenters. The van der Waals surface area contributed by atoms with Crippen molar-refractivity contribution in [1.29, 1.82) is 0 Å². The summed E-state index contributed by atoms with van der Waals surface area (Å²) in [6, 6.07) is 0.0995. The van der Waals surface area contributed by atoms with Crippen LogP contribution in [0, 0.1) is 5.92 Å². The maximum absolute atomic E-state index is 5.83. The fourth-order valence-corrected chi connectivity index (χ4v) is 0.955. The van der Waals surface area contributed by atoms with Gasteiger partial charge in [-0.1, -0.05) is 13.8 Å². The van der Waals surface area contributed by atoms with Gasteiger partial charge in [-0.2, -0.15) is 0 Å². The van der Waals surface area contributed by atoms with Gasteiger partial charge in [-0.3, -0.25) is 4.99 Å². The Balaban J connectivity index is 2.47. The first-order valence-corrected chi connectivity index (χ1v) is 3.75. The molecule has 1 aliphatic heterocycles. The second-order valence-electron chi connectivity index (χ2n) is 2.96. The van der Waals surface area contributed by atoms with E-state index in [1.165, 1.54) is 0 Å². The Morgan fingerprint density at radius 2 is 2.30 bits per heavy atom. The van der Waals surface area contributed by atoms with Gasteiger partial charge in [-0.25, -0.2) is 0 Å². The number of nitrogens with two attached hydrogens (primary N) is 1. The van der Waals surface area contributed by atoms with Crippen molar-refractivity contribution in [3.05, 3.63) is 0 Å². The minimum atomic E-state index is 0.0995. The van der Waals surface area contributed by atoms with Crippen LogP contribution in [0.15, 0.2) is 4.99 Å². The van der Waals surface area contributed by atoms with Gasteiger partial charge in [0.2, 0.25) is 0 Å². The fourth-order valence-electron chi connectivity index (χ4n) is 0.955. The molecule has 0 aliphatic carbocycles. The molecule has 10 heavy (non-hydrogen) atoms. The van der Waals surface area contributed by atoms with Crippen LogP contribution < -0.4 is 11.1 Å². The molecule has 0 radical (unpaired) electrons. The molecule has 58 valence electrons. The van der Waals surface area contributed by atoms with Crippen LogP contribution in [0.5, 0.6) is 0 Å². The van der Waals surface area contributed by atoms with Gasteiger partial charge in [0.05, 0.1) is 12.6 Å². The monoisotopic (exact) mass is 141 g/mol. The van der Waals surface area contributed by atoms with Gasteiger partial charge in [0.25, 0.3) is 0 Å². The molecule has 0 fully saturated rings. The second-order valence-corrected chi connectivity index (χ2v) is 2.96. The zero-order valence-corrected chi connectivity index (χ0v) is 6.59. The molecule has 3 heteroatoms. The third-order valence-corrected chi connectivity index (χ3v) is 1.73. The van der Waals surface area contributed by atoms with E-state index in [2.05, 4.69) is 24.2 Å². The van der Waals surface area contributed by atoms with Crippen LogP contribution in [-0.4, -0.2) is 25.0 Å². The molecule has 0 aromatic carbocycles. The quantitative estimate of drug-likeness (QED) is 0.567. The van der Waals surface area contributed by atoms with Crippen LogP contribution in [0.4, 0.5) is 0 Å². The lowest BCUT2D eigenvalue weighted by Crippen LogP contribution is -2.41. The lowest BCUT2D eigenvalue weighted by atomic mass is 10.1. The lowest BCUT2D eigenvalue weighted by molar-refractivity contribution is 0.586. The highest BCUT2D eigenvalue weighted by atomic mass is 15.1. The fraction of sp³-hybridized carbons (Fsp3) is 0.857. The van der Waals surface area contributed by atoms with Crippen LogP contribution in [0.2, 0.25) is 0 Å². The molecule has 0 bridgehead atoms. The van der Waals surface area contributed by atoms with Gasteiger partial charge in [0.1, 0.15) is 5.84 Å². The summed E-state index contributed by atoms with van der Waals surface area (Å²) in [6.07, 6.45) is 0. The van der Waals surface area contributed by atoms with E-state index >= 15 is 0 Å². The predicted octanol–water partition coefficient (Wildman–Crippen LogP) is -0.0286. The maximum Gasteiger partial charge on any atom is 0.114 e. The smallest absolute Gasteiger partial charge is 0.114 e. The number of rotatable bonds is 2. The largest absolute Gasteiger partial charge is 0.371 e. The van der Waals surface area contributed by atoms with Gasteiger partial charge in [-0.15, -0.1) is 0 Å². The molecule has 3 nitrogen and oxygen atoms in total. The lowest BCUT2D eigenvalue weighted by Gasteiger charge is -2.15. The molecule has 0 spiro atoms. The van der Waals surface area contributed by atoms with Gasteiger partial charge in [0, 0.05) is 6.54 Å². The first kappa shape index (κ1) is 7.54. The zero-order valence-electron chi connectivity index (χ0n) is 6.59. The number of hydrogen-bond donors (Lipinski definition) is 2. The van der Waals surface area contributed by atoms with Crippen molar-refractivity contribution < 1.29 is 0 Å². The predicted molar refractivity (Wildman–Crippen MR) is 43.1 cm³/mol. The second kappa shape index (κ2) is 3.01. The third-order valence-electron chi connectivity index (χ3n) is 1.73. The molecule has 0 aromatic rings. The summed E-state index contributed by atoms with van der Waals surface area (Å²) in [5.74, 6) is 1.46. The van der Waals surface area contributed by atoms with E-state index < -0.39 is 0 Å². The Kier molecular flexibility index (Phi) is 2.27. The summed E-state index contributed by atoms with van der Waals surface area (Å²) in [5.41, 5.74) is 5.83. The van der Waals surface area contributed by atoms with E-state index in [1.54, 1.807) is 0 Å². The van der Waals surface area contributed by atoms with E-state index in [1.807, 2.05) is 0 Å². The molecule has 1 aliphatic rings. The molecular weight excluding hydrogens is 126 g/mol. The van der Waals surface area contributed by atoms with Crippen LogP contribution in [0.3, 0.4) is 0 Å². The standard InChI is InChI=1S/C7H15N3/c1-5(2)6(8)7-9-3-4-10-7/h5-6H,3-4,8H2,1-2H3,(H,9,10). The highest BCUT2D eigenvalue weighted by Gasteiger charge is 2.16. The minimum Gasteiger partial charge on any atom is -0.371 e. The molecule has 0 amide bonds. The number of nitrogens with zero attached hydrogens (tertiary/aromatic N) is 1. The first-order valence-electron chi connectivity index (χ1n) is 3.75. The molecule has 0 saturated heterocycles. The van der Waals surface area contributed by atoms with E-state index in [-0.39, 0.29) is 6.04 Å². The molecule has 0 saturated carbocycles. The van der Waals surface area contributed by atoms with E-state index in [0.717, 1.165) is 18.9 Å². The van der Waals surface area contributed by atoms with Crippen LogP contribution in [0.25, 0.3) is 0 Å². The first-order chi connectivity index (χ1) is 4.72. The van der Waals surface area contributed by atoms with Crippen LogP contribution in [-0.2, 0) is 0 Å². The maximum atomic E-state index is 5.83. The Labute approximate surface area is 61.7 Å². The third kappa shape index (κ3) is 1.48. The van der Waals surface area contributed by atoms with E-state index in [9.17, 15) is 0 Å². The molecular formula is C7H15N3. The van der Waals surface area contributed by atoms with Gasteiger partial charge >= 0.3 is 0 Å². The van der Waals surface area contributed by atoms with Gasteiger partial charge in [0.15, 0.2) is 0 Å². The molecule has 1 heterocycles. The summed E-state index contributed by atoms with van der Waals surface area (Å²) in [5, 5.41) is 3.16. The molecule has 3 N–H and O–H groups in total. The van der Waals surface area contributed by atoms with Crippen molar-refractivity contribution in [2.24, 2.45) is 16.6 Å². The molecule has 1 unspecified atom stereocenters. The summed E-state index contributed by atoms with van der Waals surface area (Å²) >= 11 is 0. The molecule has 1 rings (SSSR count). The van der Waals surface area contributed by atoms with Crippen molar-refractivity contribution in [3.63, 3.8) is 0 Å². The number of aliphatic imine (C=N–C) groups is 1. The van der Waals surface area contributed by atoms with Crippen molar-refractivity contribution in [1.82, 2.24) is 5.32 Å². The highest BCUT2D eigenvalue weighted by Crippen LogP contribution is 2.01. The van der Waals surface area contributed by atoms with Crippen molar-refractivity contribution in [2.45, 2.75) is 19.9 Å². The van der Waals surface area contributed by atoms with Gasteiger partial charge in [-0.05, 0) is 5.92 Å². The summed E-state index contributed by atoms with van der Waals surface area (Å²) in [7, 11) is 0. The SMILES string of the molecule is CC(C)C(N)C1=NCCN1. The Hall–Kier alpha value is -0.570. The average molecular weight is 141 g/mol. The van der Waals surface area contributed by atoms with Crippen molar-refractivity contribution >= 4 is 5.84 Å². The Morgan fingerprint density at radius 3 is 2.70 bits per heavy atom. The highest BCUT2D eigenvalue weighted by molar-refractivity contribution is 5.88. The van der Waals surface area contributed by atoms with E-state index in [0.29, 0.717) is 5.92 Å². The van der Waals surface area contributed by atoms with E-state index in [4.69, 9.17) is 5.73 Å². The minimum absolute atomic E-state index is 0.0995. The number of amidine groups is 1.